The minimum Gasteiger partial charge on any atom is -0.790 e. The maximum atomic E-state index is 11.9. The highest BCUT2D eigenvalue weighted by Crippen LogP contribution is 2.36. The minimum absolute atomic E-state index is 0.224. The Morgan fingerprint density at radius 2 is 2.13 bits per heavy atom. The van der Waals surface area contributed by atoms with Crippen LogP contribution in [0.15, 0.2) is 15.8 Å². The second kappa shape index (κ2) is 6.68. The average molecular weight is 348 g/mol. The molecule has 2 rings (SSSR count). The van der Waals surface area contributed by atoms with Gasteiger partial charge in [-0.05, 0) is 13.8 Å². The van der Waals surface area contributed by atoms with Gasteiger partial charge >= 0.3 is 5.69 Å². The zero-order valence-electron chi connectivity index (χ0n) is 12.8. The Balaban J connectivity index is 2.25. The molecule has 1 aliphatic heterocycles. The predicted molar refractivity (Wildman–Crippen MR) is 73.5 cm³/mol. The van der Waals surface area contributed by atoms with Crippen molar-refractivity contribution >= 4 is 7.82 Å². The van der Waals surface area contributed by atoms with Gasteiger partial charge in [-0.3, -0.25) is 14.3 Å². The van der Waals surface area contributed by atoms with E-state index in [9.17, 15) is 23.9 Å². The summed E-state index contributed by atoms with van der Waals surface area (Å²) in [6.07, 6.45) is -1.73. The third-order valence-corrected chi connectivity index (χ3v) is 4.22. The van der Waals surface area contributed by atoms with E-state index < -0.39 is 43.6 Å². The van der Waals surface area contributed by atoms with E-state index in [4.69, 9.17) is 9.47 Å². The molecule has 0 unspecified atom stereocenters. The summed E-state index contributed by atoms with van der Waals surface area (Å²) >= 11 is 0. The number of nitrogens with zero attached hydrogens (tertiary/aromatic N) is 1. The summed E-state index contributed by atoms with van der Waals surface area (Å²) < 4.78 is 27.2. The maximum absolute atomic E-state index is 11.9. The first-order chi connectivity index (χ1) is 10.6. The maximum Gasteiger partial charge on any atom is 0.330 e. The summed E-state index contributed by atoms with van der Waals surface area (Å²) in [4.78, 5) is 46.9. The summed E-state index contributed by atoms with van der Waals surface area (Å²) in [5.74, 6) is 0. The van der Waals surface area contributed by atoms with E-state index in [1.54, 1.807) is 0 Å². The van der Waals surface area contributed by atoms with Crippen LogP contribution in [0.1, 0.15) is 25.1 Å². The molecule has 0 aromatic carbocycles. The number of aromatic nitrogens is 2. The van der Waals surface area contributed by atoms with Gasteiger partial charge in [0.15, 0.2) is 0 Å². The molecular weight excluding hydrogens is 331 g/mol. The number of rotatable bonds is 5. The molecule has 1 fully saturated rings. The lowest BCUT2D eigenvalue weighted by atomic mass is 10.1. The van der Waals surface area contributed by atoms with Gasteiger partial charge in [0, 0.05) is 25.3 Å². The van der Waals surface area contributed by atoms with Gasteiger partial charge in [0.1, 0.15) is 12.3 Å². The molecule has 11 heteroatoms. The molecule has 0 aliphatic carbocycles. The van der Waals surface area contributed by atoms with Crippen molar-refractivity contribution in [3.05, 3.63) is 32.6 Å². The first-order valence-corrected chi connectivity index (χ1v) is 8.29. The third kappa shape index (κ3) is 4.17. The molecule has 1 aliphatic rings. The van der Waals surface area contributed by atoms with Crippen molar-refractivity contribution in [2.45, 2.75) is 44.8 Å². The molecule has 0 radical (unpaired) electrons. The van der Waals surface area contributed by atoms with E-state index in [1.807, 2.05) is 0 Å². The minimum atomic E-state index is -5.18. The normalized spacial score (nSPS) is 26.4. The zero-order valence-corrected chi connectivity index (χ0v) is 13.6. The van der Waals surface area contributed by atoms with Gasteiger partial charge in [0.2, 0.25) is 0 Å². The van der Waals surface area contributed by atoms with Gasteiger partial charge in [0.25, 0.3) is 5.56 Å². The molecule has 1 aromatic heterocycles. The molecule has 0 saturated carbocycles. The zero-order chi connectivity index (χ0) is 17.4. The monoisotopic (exact) mass is 348 g/mol. The van der Waals surface area contributed by atoms with Gasteiger partial charge < -0.3 is 28.3 Å². The molecule has 23 heavy (non-hydrogen) atoms. The van der Waals surface area contributed by atoms with Gasteiger partial charge in [0.05, 0.1) is 20.0 Å². The molecule has 130 valence electrons. The largest absolute Gasteiger partial charge is 0.790 e. The summed E-state index contributed by atoms with van der Waals surface area (Å²) in [7, 11) is -3.78. The van der Waals surface area contributed by atoms with Crippen LogP contribution in [-0.4, -0.2) is 35.0 Å². The van der Waals surface area contributed by atoms with Crippen LogP contribution in [0.2, 0.25) is 0 Å². The highest BCUT2D eigenvalue weighted by Gasteiger charge is 2.40. The number of nitrogens with one attached hydrogen (secondary N) is 1. The molecule has 1 saturated heterocycles. The van der Waals surface area contributed by atoms with Crippen molar-refractivity contribution in [2.24, 2.45) is 0 Å². The number of hydrogen-bond donors (Lipinski definition) is 1. The summed E-state index contributed by atoms with van der Waals surface area (Å²) in [6.45, 7) is 2.90. The lowest BCUT2D eigenvalue weighted by Crippen LogP contribution is -2.37. The van der Waals surface area contributed by atoms with E-state index in [-0.39, 0.29) is 6.42 Å². The Kier molecular flexibility index (Phi) is 5.24. The van der Waals surface area contributed by atoms with E-state index in [0.717, 1.165) is 0 Å². The quantitative estimate of drug-likeness (QED) is 0.625. The molecular formula is C12H17N2O8P-2. The van der Waals surface area contributed by atoms with Crippen LogP contribution in [0.4, 0.5) is 0 Å². The number of methoxy groups -OCH3 is 1. The van der Waals surface area contributed by atoms with Gasteiger partial charge in [-0.1, -0.05) is 0 Å². The van der Waals surface area contributed by atoms with Crippen molar-refractivity contribution in [3.8, 4) is 0 Å². The van der Waals surface area contributed by atoms with Crippen LogP contribution < -0.4 is 21.0 Å². The Bertz CT molecular complexity index is 723. The van der Waals surface area contributed by atoms with Gasteiger partial charge in [-0.15, -0.1) is 0 Å². The molecule has 4 atom stereocenters. The molecule has 0 bridgehead atoms. The van der Waals surface area contributed by atoms with Crippen molar-refractivity contribution in [2.75, 3.05) is 7.11 Å². The fourth-order valence-corrected chi connectivity index (χ4v) is 3.07. The second-order valence-corrected chi connectivity index (χ2v) is 6.41. The van der Waals surface area contributed by atoms with Crippen molar-refractivity contribution in [1.82, 2.24) is 9.55 Å². The number of phosphoric acid groups is 1. The SMILES string of the molecule is CO[C@@H]1C[C@H](n2cc(C)c(=O)[nH]c2=O)O[C@@H]1[C@@H](C)OP(=O)([O-])[O-]. The van der Waals surface area contributed by atoms with Crippen LogP contribution in [0.25, 0.3) is 0 Å². The summed E-state index contributed by atoms with van der Waals surface area (Å²) in [5.41, 5.74) is -0.842. The van der Waals surface area contributed by atoms with Gasteiger partial charge in [-0.25, -0.2) is 4.79 Å². The van der Waals surface area contributed by atoms with Crippen LogP contribution >= 0.6 is 7.82 Å². The van der Waals surface area contributed by atoms with E-state index in [2.05, 4.69) is 9.51 Å². The van der Waals surface area contributed by atoms with Crippen molar-refractivity contribution in [3.63, 3.8) is 0 Å². The Hall–Kier alpha value is -1.29. The fourth-order valence-electron chi connectivity index (χ4n) is 2.54. The van der Waals surface area contributed by atoms with Crippen LogP contribution in [0.5, 0.6) is 0 Å². The molecule has 0 spiro atoms. The lowest BCUT2D eigenvalue weighted by molar-refractivity contribution is -0.346. The Labute approximate surface area is 131 Å². The Morgan fingerprint density at radius 1 is 1.48 bits per heavy atom. The molecule has 1 N–H and O–H groups in total. The molecule has 0 amide bonds. The number of H-pyrrole nitrogens is 1. The van der Waals surface area contributed by atoms with E-state index in [1.165, 1.54) is 31.7 Å². The van der Waals surface area contributed by atoms with Crippen molar-refractivity contribution in [1.29, 1.82) is 0 Å². The van der Waals surface area contributed by atoms with Crippen molar-refractivity contribution < 1.29 is 28.3 Å². The number of ether oxygens (including phenoxy) is 2. The second-order valence-electron chi connectivity index (χ2n) is 5.30. The van der Waals surface area contributed by atoms with Crippen LogP contribution in [0, 0.1) is 6.92 Å². The van der Waals surface area contributed by atoms with E-state index in [0.29, 0.717) is 5.56 Å². The molecule has 2 heterocycles. The Morgan fingerprint density at radius 3 is 2.70 bits per heavy atom. The number of aryl methyl sites for hydroxylation is 1. The summed E-state index contributed by atoms with van der Waals surface area (Å²) in [5, 5.41) is 0. The van der Waals surface area contributed by atoms with E-state index >= 15 is 0 Å². The number of phosphoric ester groups is 1. The smallest absolute Gasteiger partial charge is 0.330 e. The topological polar surface area (TPSA) is 146 Å². The first-order valence-electron chi connectivity index (χ1n) is 6.83. The molecule has 1 aromatic rings. The van der Waals surface area contributed by atoms with Crippen LogP contribution in [0.3, 0.4) is 0 Å². The predicted octanol–water partition coefficient (Wildman–Crippen LogP) is -1.62. The summed E-state index contributed by atoms with van der Waals surface area (Å²) in [6, 6.07) is 0. The van der Waals surface area contributed by atoms with Crippen LogP contribution in [-0.2, 0) is 18.6 Å². The number of aromatic amines is 1. The highest BCUT2D eigenvalue weighted by molar-refractivity contribution is 7.43. The van der Waals surface area contributed by atoms with Gasteiger partial charge in [-0.2, -0.15) is 0 Å². The third-order valence-electron chi connectivity index (χ3n) is 3.63. The number of hydrogen-bond acceptors (Lipinski definition) is 8. The first kappa shape index (κ1) is 18.1. The highest BCUT2D eigenvalue weighted by atomic mass is 31.2. The molecule has 10 nitrogen and oxygen atoms in total. The average Bonchev–Trinajstić information content (AvgIpc) is 2.85. The standard InChI is InChI=1S/C12H19N2O8P/c1-6-5-14(12(16)13-11(6)15)9-4-8(20-3)10(21-9)7(2)22-23(17,18)19/h5,7-10H,4H2,1-3H3,(H,13,15,16)(H2,17,18,19)/p-2/t7-,8-,9-,10-/m1/s1. The fraction of sp³-hybridized carbons (Fsp3) is 0.667. The lowest BCUT2D eigenvalue weighted by Gasteiger charge is -2.35.